The Kier molecular flexibility index (Phi) is 5.51. The number of hydrogen-bond donors (Lipinski definition) is 0. The van der Waals surface area contributed by atoms with E-state index in [1.807, 2.05) is 43.3 Å². The summed E-state index contributed by atoms with van der Waals surface area (Å²) in [7, 11) is 1.68. The Morgan fingerprint density at radius 3 is 2.52 bits per heavy atom. The summed E-state index contributed by atoms with van der Waals surface area (Å²) in [4.78, 5) is 0. The summed E-state index contributed by atoms with van der Waals surface area (Å²) in [6.07, 6.45) is 0.992. The van der Waals surface area contributed by atoms with Crippen molar-refractivity contribution in [3.8, 4) is 11.5 Å². The molecule has 0 aliphatic rings. The SMILES string of the molecule is CCCOc1cccc(C(Cl)c2ccc(OC)c(C)c2)c1. The van der Waals surface area contributed by atoms with Gasteiger partial charge in [-0.2, -0.15) is 0 Å². The topological polar surface area (TPSA) is 18.5 Å². The molecule has 1 atom stereocenters. The van der Waals surface area contributed by atoms with Gasteiger partial charge in [-0.1, -0.05) is 31.2 Å². The third kappa shape index (κ3) is 3.92. The molecule has 0 bridgehead atoms. The van der Waals surface area contributed by atoms with Gasteiger partial charge in [-0.15, -0.1) is 11.6 Å². The van der Waals surface area contributed by atoms with Gasteiger partial charge < -0.3 is 9.47 Å². The van der Waals surface area contributed by atoms with E-state index < -0.39 is 0 Å². The third-order valence-electron chi connectivity index (χ3n) is 3.34. The average molecular weight is 305 g/mol. The van der Waals surface area contributed by atoms with Crippen LogP contribution in [-0.2, 0) is 0 Å². The summed E-state index contributed by atoms with van der Waals surface area (Å²) in [5.41, 5.74) is 3.18. The van der Waals surface area contributed by atoms with E-state index in [0.717, 1.165) is 41.2 Å². The molecule has 2 rings (SSSR count). The van der Waals surface area contributed by atoms with Gasteiger partial charge in [0.1, 0.15) is 11.5 Å². The van der Waals surface area contributed by atoms with E-state index in [4.69, 9.17) is 21.1 Å². The summed E-state index contributed by atoms with van der Waals surface area (Å²) in [6, 6.07) is 14.0. The molecule has 1 unspecified atom stereocenters. The lowest BCUT2D eigenvalue weighted by molar-refractivity contribution is 0.317. The van der Waals surface area contributed by atoms with Crippen LogP contribution in [0.3, 0.4) is 0 Å². The first-order chi connectivity index (χ1) is 10.2. The van der Waals surface area contributed by atoms with E-state index in [0.29, 0.717) is 0 Å². The number of methoxy groups -OCH3 is 1. The molecular weight excluding hydrogens is 284 g/mol. The maximum atomic E-state index is 6.61. The third-order valence-corrected chi connectivity index (χ3v) is 3.84. The molecule has 112 valence electrons. The van der Waals surface area contributed by atoms with Crippen LogP contribution in [0.5, 0.6) is 11.5 Å². The van der Waals surface area contributed by atoms with E-state index in [9.17, 15) is 0 Å². The standard InChI is InChI=1S/C18H21ClO2/c1-4-10-21-16-7-5-6-14(12-16)18(19)15-8-9-17(20-3)13(2)11-15/h5-9,11-12,18H,4,10H2,1-3H3. The fraction of sp³-hybridized carbons (Fsp3) is 0.333. The monoisotopic (exact) mass is 304 g/mol. The van der Waals surface area contributed by atoms with Crippen molar-refractivity contribution in [1.82, 2.24) is 0 Å². The fourth-order valence-electron chi connectivity index (χ4n) is 2.23. The molecule has 0 aromatic heterocycles. The van der Waals surface area contributed by atoms with Crippen LogP contribution >= 0.6 is 11.6 Å². The minimum Gasteiger partial charge on any atom is -0.496 e. The maximum Gasteiger partial charge on any atom is 0.121 e. The van der Waals surface area contributed by atoms with Gasteiger partial charge in [-0.3, -0.25) is 0 Å². The van der Waals surface area contributed by atoms with E-state index in [1.54, 1.807) is 7.11 Å². The molecule has 2 aromatic carbocycles. The van der Waals surface area contributed by atoms with Crippen LogP contribution in [0.1, 0.15) is 35.4 Å². The Bertz CT molecular complexity index is 596. The molecule has 0 amide bonds. The van der Waals surface area contributed by atoms with Crippen molar-refractivity contribution in [3.05, 3.63) is 59.2 Å². The molecule has 0 heterocycles. The van der Waals surface area contributed by atoms with Crippen LogP contribution in [0, 0.1) is 6.92 Å². The molecule has 0 radical (unpaired) electrons. The molecule has 3 heteroatoms. The molecular formula is C18H21ClO2. The second-order valence-corrected chi connectivity index (χ2v) is 5.45. The Hall–Kier alpha value is -1.67. The summed E-state index contributed by atoms with van der Waals surface area (Å²) in [6.45, 7) is 4.83. The predicted octanol–water partition coefficient (Wildman–Crippen LogP) is 5.12. The van der Waals surface area contributed by atoms with Crippen molar-refractivity contribution in [1.29, 1.82) is 0 Å². The number of rotatable bonds is 6. The first kappa shape index (κ1) is 15.7. The summed E-state index contributed by atoms with van der Waals surface area (Å²) in [5.74, 6) is 1.74. The van der Waals surface area contributed by atoms with Crippen molar-refractivity contribution in [3.63, 3.8) is 0 Å². The highest BCUT2D eigenvalue weighted by molar-refractivity contribution is 6.22. The largest absolute Gasteiger partial charge is 0.496 e. The van der Waals surface area contributed by atoms with Crippen LogP contribution in [0.4, 0.5) is 0 Å². The van der Waals surface area contributed by atoms with Crippen molar-refractivity contribution >= 4 is 11.6 Å². The van der Waals surface area contributed by atoms with Crippen LogP contribution in [0.15, 0.2) is 42.5 Å². The summed E-state index contributed by atoms with van der Waals surface area (Å²) >= 11 is 6.61. The molecule has 0 saturated heterocycles. The molecule has 0 aliphatic carbocycles. The van der Waals surface area contributed by atoms with E-state index in [-0.39, 0.29) is 5.38 Å². The molecule has 0 saturated carbocycles. The van der Waals surface area contributed by atoms with Crippen LogP contribution in [0.25, 0.3) is 0 Å². The van der Waals surface area contributed by atoms with Crippen LogP contribution < -0.4 is 9.47 Å². The smallest absolute Gasteiger partial charge is 0.121 e. The zero-order valence-corrected chi connectivity index (χ0v) is 13.5. The highest BCUT2D eigenvalue weighted by Gasteiger charge is 2.13. The molecule has 0 aliphatic heterocycles. The molecule has 21 heavy (non-hydrogen) atoms. The van der Waals surface area contributed by atoms with Gasteiger partial charge in [0.15, 0.2) is 0 Å². The molecule has 0 fully saturated rings. The van der Waals surface area contributed by atoms with Crippen LogP contribution in [-0.4, -0.2) is 13.7 Å². The molecule has 0 N–H and O–H groups in total. The van der Waals surface area contributed by atoms with E-state index in [2.05, 4.69) is 13.0 Å². The summed E-state index contributed by atoms with van der Waals surface area (Å²) in [5, 5.41) is -0.195. The van der Waals surface area contributed by atoms with E-state index >= 15 is 0 Å². The van der Waals surface area contributed by atoms with Gasteiger partial charge in [-0.05, 0) is 48.2 Å². The number of benzene rings is 2. The lowest BCUT2D eigenvalue weighted by Crippen LogP contribution is -1.98. The number of alkyl halides is 1. The highest BCUT2D eigenvalue weighted by Crippen LogP contribution is 2.33. The lowest BCUT2D eigenvalue weighted by Gasteiger charge is -2.14. The maximum absolute atomic E-state index is 6.61. The van der Waals surface area contributed by atoms with Crippen molar-refractivity contribution in [2.75, 3.05) is 13.7 Å². The Morgan fingerprint density at radius 1 is 1.10 bits per heavy atom. The number of ether oxygens (including phenoxy) is 2. The quantitative estimate of drug-likeness (QED) is 0.690. The van der Waals surface area contributed by atoms with Gasteiger partial charge in [0, 0.05) is 0 Å². The number of hydrogen-bond acceptors (Lipinski definition) is 2. The van der Waals surface area contributed by atoms with Crippen molar-refractivity contribution in [2.24, 2.45) is 0 Å². The second kappa shape index (κ2) is 7.37. The molecule has 0 spiro atoms. The lowest BCUT2D eigenvalue weighted by atomic mass is 10.0. The minimum atomic E-state index is -0.195. The van der Waals surface area contributed by atoms with E-state index in [1.165, 1.54) is 0 Å². The number of aryl methyl sites for hydroxylation is 1. The minimum absolute atomic E-state index is 0.195. The molecule has 2 aromatic rings. The van der Waals surface area contributed by atoms with Crippen molar-refractivity contribution < 1.29 is 9.47 Å². The second-order valence-electron chi connectivity index (χ2n) is 5.01. The van der Waals surface area contributed by atoms with Crippen molar-refractivity contribution in [2.45, 2.75) is 25.6 Å². The van der Waals surface area contributed by atoms with Crippen LogP contribution in [0.2, 0.25) is 0 Å². The average Bonchev–Trinajstić information content (AvgIpc) is 2.52. The first-order valence-corrected chi connectivity index (χ1v) is 7.60. The Morgan fingerprint density at radius 2 is 1.86 bits per heavy atom. The van der Waals surface area contributed by atoms with Gasteiger partial charge in [-0.25, -0.2) is 0 Å². The zero-order chi connectivity index (χ0) is 15.2. The Labute approximate surface area is 131 Å². The Balaban J connectivity index is 2.22. The number of halogens is 1. The van der Waals surface area contributed by atoms with Gasteiger partial charge in [0.05, 0.1) is 19.1 Å². The fourth-order valence-corrected chi connectivity index (χ4v) is 2.51. The van der Waals surface area contributed by atoms with Gasteiger partial charge >= 0.3 is 0 Å². The molecule has 2 nitrogen and oxygen atoms in total. The predicted molar refractivity (Wildman–Crippen MR) is 87.7 cm³/mol. The summed E-state index contributed by atoms with van der Waals surface area (Å²) < 4.78 is 10.9. The van der Waals surface area contributed by atoms with Gasteiger partial charge in [0.25, 0.3) is 0 Å². The highest BCUT2D eigenvalue weighted by atomic mass is 35.5. The normalized spacial score (nSPS) is 12.0. The zero-order valence-electron chi connectivity index (χ0n) is 12.7. The van der Waals surface area contributed by atoms with Gasteiger partial charge in [0.2, 0.25) is 0 Å². The first-order valence-electron chi connectivity index (χ1n) is 7.17.